The van der Waals surface area contributed by atoms with Gasteiger partial charge in [-0.05, 0) is 59.4 Å². The molecular formula is C33H36O2. The van der Waals surface area contributed by atoms with E-state index < -0.39 is 0 Å². The lowest BCUT2D eigenvalue weighted by molar-refractivity contribution is 0.404. The van der Waals surface area contributed by atoms with Gasteiger partial charge in [0.25, 0.3) is 0 Å². The summed E-state index contributed by atoms with van der Waals surface area (Å²) in [7, 11) is 0. The highest BCUT2D eigenvalue weighted by atomic mass is 16.3. The summed E-state index contributed by atoms with van der Waals surface area (Å²) in [6.07, 6.45) is 6.46. The fraction of sp³-hybridized carbons (Fsp3) is 0.273. The molecule has 35 heavy (non-hydrogen) atoms. The molecular weight excluding hydrogens is 428 g/mol. The monoisotopic (exact) mass is 464 g/mol. The number of hydrogen-bond acceptors (Lipinski definition) is 2. The van der Waals surface area contributed by atoms with Gasteiger partial charge in [-0.2, -0.15) is 0 Å². The minimum Gasteiger partial charge on any atom is -0.507 e. The van der Waals surface area contributed by atoms with Crippen LogP contribution in [0.1, 0.15) is 63.5 Å². The van der Waals surface area contributed by atoms with Crippen LogP contribution < -0.4 is 0 Å². The molecule has 0 aliphatic carbocycles. The lowest BCUT2D eigenvalue weighted by atomic mass is 9.67. The van der Waals surface area contributed by atoms with Crippen LogP contribution in [0, 0.1) is 0 Å². The van der Waals surface area contributed by atoms with Gasteiger partial charge in [0.2, 0.25) is 0 Å². The van der Waals surface area contributed by atoms with Crippen LogP contribution in [0.2, 0.25) is 0 Å². The summed E-state index contributed by atoms with van der Waals surface area (Å²) >= 11 is 0. The molecule has 0 aromatic heterocycles. The summed E-state index contributed by atoms with van der Waals surface area (Å²) in [6, 6.07) is 32.5. The van der Waals surface area contributed by atoms with Gasteiger partial charge in [0.15, 0.2) is 0 Å². The van der Waals surface area contributed by atoms with E-state index in [2.05, 4.69) is 38.1 Å². The van der Waals surface area contributed by atoms with Crippen LogP contribution in [-0.2, 0) is 5.41 Å². The summed E-state index contributed by atoms with van der Waals surface area (Å²) in [6.45, 7) is 4.48. The molecule has 0 aliphatic rings. The fourth-order valence-corrected chi connectivity index (χ4v) is 5.19. The first-order valence-electron chi connectivity index (χ1n) is 12.9. The molecule has 0 saturated heterocycles. The molecule has 0 saturated carbocycles. The largest absolute Gasteiger partial charge is 0.507 e. The summed E-state index contributed by atoms with van der Waals surface area (Å²) in [4.78, 5) is 0. The quantitative estimate of drug-likeness (QED) is 0.246. The maximum Gasteiger partial charge on any atom is 0.123 e. The smallest absolute Gasteiger partial charge is 0.123 e. The van der Waals surface area contributed by atoms with E-state index in [4.69, 9.17) is 0 Å². The summed E-state index contributed by atoms with van der Waals surface area (Å²) < 4.78 is 0. The zero-order valence-electron chi connectivity index (χ0n) is 20.9. The van der Waals surface area contributed by atoms with Crippen molar-refractivity contribution in [2.75, 3.05) is 0 Å². The van der Waals surface area contributed by atoms with E-state index in [1.807, 2.05) is 72.8 Å². The van der Waals surface area contributed by atoms with Gasteiger partial charge in [-0.3, -0.25) is 0 Å². The average Bonchev–Trinajstić information content (AvgIpc) is 2.91. The molecule has 0 atom stereocenters. The van der Waals surface area contributed by atoms with Crippen LogP contribution in [0.3, 0.4) is 0 Å². The lowest BCUT2D eigenvalue weighted by Crippen LogP contribution is -2.28. The van der Waals surface area contributed by atoms with Crippen LogP contribution in [0.25, 0.3) is 22.3 Å². The SMILES string of the molecule is CCCCC(CCCC)(c1ccc(O)c(-c2ccccc2)c1)c1ccc(O)c(-c2ccccc2)c1. The highest BCUT2D eigenvalue weighted by Crippen LogP contribution is 2.46. The zero-order valence-corrected chi connectivity index (χ0v) is 20.9. The highest BCUT2D eigenvalue weighted by Gasteiger charge is 2.34. The first-order valence-corrected chi connectivity index (χ1v) is 12.9. The van der Waals surface area contributed by atoms with Crippen molar-refractivity contribution in [2.45, 2.75) is 57.8 Å². The van der Waals surface area contributed by atoms with Crippen LogP contribution in [0.15, 0.2) is 97.1 Å². The fourth-order valence-electron chi connectivity index (χ4n) is 5.19. The van der Waals surface area contributed by atoms with Crippen molar-refractivity contribution in [3.63, 3.8) is 0 Å². The molecule has 0 fully saturated rings. The van der Waals surface area contributed by atoms with E-state index in [1.165, 1.54) is 11.1 Å². The molecule has 0 aliphatic heterocycles. The molecule has 4 rings (SSSR count). The molecule has 0 spiro atoms. The minimum absolute atomic E-state index is 0.208. The van der Waals surface area contributed by atoms with Crippen molar-refractivity contribution < 1.29 is 10.2 Å². The highest BCUT2D eigenvalue weighted by molar-refractivity contribution is 5.73. The van der Waals surface area contributed by atoms with E-state index in [0.717, 1.165) is 60.8 Å². The average molecular weight is 465 g/mol. The molecule has 4 aromatic carbocycles. The minimum atomic E-state index is -0.208. The standard InChI is InChI=1S/C33H36O2/c1-3-5-21-33(22-6-4-2,27-17-19-31(34)29(23-27)25-13-9-7-10-14-25)28-18-20-32(35)30(24-28)26-15-11-8-12-16-26/h7-20,23-24,34-35H,3-6,21-22H2,1-2H3. The first kappa shape index (κ1) is 24.6. The Labute approximate surface area is 209 Å². The molecule has 0 unspecified atom stereocenters. The van der Waals surface area contributed by atoms with Crippen molar-refractivity contribution in [1.29, 1.82) is 0 Å². The Bertz CT molecular complexity index is 1130. The zero-order chi connectivity index (χ0) is 24.7. The van der Waals surface area contributed by atoms with Crippen molar-refractivity contribution in [1.82, 2.24) is 0 Å². The predicted octanol–water partition coefficient (Wildman–Crippen LogP) is 9.10. The van der Waals surface area contributed by atoms with Gasteiger partial charge >= 0.3 is 0 Å². The maximum absolute atomic E-state index is 10.8. The van der Waals surface area contributed by atoms with Crippen LogP contribution in [0.4, 0.5) is 0 Å². The molecule has 0 amide bonds. The second-order valence-corrected chi connectivity index (χ2v) is 9.49. The second-order valence-electron chi connectivity index (χ2n) is 9.49. The Morgan fingerprint density at radius 3 is 1.31 bits per heavy atom. The normalized spacial score (nSPS) is 11.5. The second kappa shape index (κ2) is 11.3. The number of hydrogen-bond donors (Lipinski definition) is 2. The molecule has 0 radical (unpaired) electrons. The number of aromatic hydroxyl groups is 2. The van der Waals surface area contributed by atoms with Crippen molar-refractivity contribution in [3.8, 4) is 33.8 Å². The molecule has 2 nitrogen and oxygen atoms in total. The Morgan fingerprint density at radius 1 is 0.543 bits per heavy atom. The Morgan fingerprint density at radius 2 is 0.943 bits per heavy atom. The van der Waals surface area contributed by atoms with Crippen LogP contribution >= 0.6 is 0 Å². The maximum atomic E-state index is 10.8. The van der Waals surface area contributed by atoms with E-state index in [9.17, 15) is 10.2 Å². The predicted molar refractivity (Wildman–Crippen MR) is 147 cm³/mol. The van der Waals surface area contributed by atoms with Gasteiger partial charge in [0, 0.05) is 16.5 Å². The lowest BCUT2D eigenvalue weighted by Gasteiger charge is -2.36. The van der Waals surface area contributed by atoms with Gasteiger partial charge in [-0.1, -0.05) is 112 Å². The third-order valence-electron chi connectivity index (χ3n) is 7.18. The van der Waals surface area contributed by atoms with Crippen LogP contribution in [0.5, 0.6) is 11.5 Å². The molecule has 0 bridgehead atoms. The van der Waals surface area contributed by atoms with Gasteiger partial charge in [0.1, 0.15) is 11.5 Å². The molecule has 2 heteroatoms. The Balaban J connectivity index is 1.93. The Hall–Kier alpha value is -3.52. The van der Waals surface area contributed by atoms with Gasteiger partial charge in [-0.25, -0.2) is 0 Å². The summed E-state index contributed by atoms with van der Waals surface area (Å²) in [5.74, 6) is 0.603. The third kappa shape index (κ3) is 5.27. The summed E-state index contributed by atoms with van der Waals surface area (Å²) in [5.41, 5.74) is 6.00. The number of unbranched alkanes of at least 4 members (excludes halogenated alkanes) is 2. The summed E-state index contributed by atoms with van der Waals surface area (Å²) in [5, 5.41) is 21.5. The van der Waals surface area contributed by atoms with Gasteiger partial charge in [0.05, 0.1) is 0 Å². The van der Waals surface area contributed by atoms with Crippen molar-refractivity contribution >= 4 is 0 Å². The first-order chi connectivity index (χ1) is 17.1. The van der Waals surface area contributed by atoms with Gasteiger partial charge < -0.3 is 10.2 Å². The third-order valence-corrected chi connectivity index (χ3v) is 7.18. The van der Waals surface area contributed by atoms with Crippen molar-refractivity contribution in [2.24, 2.45) is 0 Å². The van der Waals surface area contributed by atoms with Crippen molar-refractivity contribution in [3.05, 3.63) is 108 Å². The number of phenolic OH excluding ortho intramolecular Hbond substituents is 2. The van der Waals surface area contributed by atoms with Crippen LogP contribution in [-0.4, -0.2) is 10.2 Å². The molecule has 0 heterocycles. The van der Waals surface area contributed by atoms with E-state index in [0.29, 0.717) is 11.5 Å². The van der Waals surface area contributed by atoms with E-state index in [1.54, 1.807) is 0 Å². The number of phenols is 2. The van der Waals surface area contributed by atoms with E-state index in [-0.39, 0.29) is 5.41 Å². The molecule has 2 N–H and O–H groups in total. The molecule has 4 aromatic rings. The Kier molecular flexibility index (Phi) is 7.92. The van der Waals surface area contributed by atoms with Gasteiger partial charge in [-0.15, -0.1) is 0 Å². The molecule has 180 valence electrons. The topological polar surface area (TPSA) is 40.5 Å². The number of benzene rings is 4. The van der Waals surface area contributed by atoms with E-state index >= 15 is 0 Å². The number of rotatable bonds is 10.